The molecule has 0 spiro atoms. The number of hydrogen-bond donors (Lipinski definition) is 4. The minimum atomic E-state index is -0.986. The molecule has 0 aromatic rings. The van der Waals surface area contributed by atoms with Gasteiger partial charge in [0.15, 0.2) is 0 Å². The molecule has 0 saturated carbocycles. The third kappa shape index (κ3) is 12.2. The van der Waals surface area contributed by atoms with Crippen LogP contribution in [0, 0.1) is 0 Å². The van der Waals surface area contributed by atoms with E-state index in [1.165, 1.54) is 0 Å². The van der Waals surface area contributed by atoms with Crippen LogP contribution >= 0.6 is 0 Å². The molecule has 6 heteroatoms. The van der Waals surface area contributed by atoms with E-state index in [1.807, 2.05) is 6.92 Å². The van der Waals surface area contributed by atoms with Crippen molar-refractivity contribution in [2.45, 2.75) is 71.4 Å². The molecule has 0 saturated heterocycles. The second-order valence-electron chi connectivity index (χ2n) is 6.32. The quantitative estimate of drug-likeness (QED) is 0.465. The zero-order valence-corrected chi connectivity index (χ0v) is 13.8. The average molecular weight is 301 g/mol. The third-order valence-electron chi connectivity index (χ3n) is 2.98. The van der Waals surface area contributed by atoms with Crippen LogP contribution < -0.4 is 16.0 Å². The first-order valence-electron chi connectivity index (χ1n) is 7.78. The fraction of sp³-hybridized carbons (Fsp3) is 0.867. The standard InChI is InChI=1S/C15H31N3O3/c1-5-9-12(13(19)20)18-14(21)16-10-7-6-8-11-17-15(2,3)4/h12,17H,5-11H2,1-4H3,(H,19,20)(H2,16,18,21)/t12-/m1/s1. The van der Waals surface area contributed by atoms with E-state index >= 15 is 0 Å². The fourth-order valence-corrected chi connectivity index (χ4v) is 1.85. The summed E-state index contributed by atoms with van der Waals surface area (Å²) < 4.78 is 0. The van der Waals surface area contributed by atoms with Crippen molar-refractivity contribution in [2.24, 2.45) is 0 Å². The van der Waals surface area contributed by atoms with E-state index in [-0.39, 0.29) is 5.54 Å². The Kier molecular flexibility index (Phi) is 9.78. The minimum Gasteiger partial charge on any atom is -0.480 e. The number of nitrogens with one attached hydrogen (secondary N) is 3. The van der Waals surface area contributed by atoms with Gasteiger partial charge in [0.05, 0.1) is 0 Å². The van der Waals surface area contributed by atoms with Crippen molar-refractivity contribution in [1.29, 1.82) is 0 Å². The Morgan fingerprint density at radius 1 is 1.10 bits per heavy atom. The molecule has 6 nitrogen and oxygen atoms in total. The highest BCUT2D eigenvalue weighted by Gasteiger charge is 2.18. The van der Waals surface area contributed by atoms with Gasteiger partial charge in [0.25, 0.3) is 0 Å². The lowest BCUT2D eigenvalue weighted by atomic mass is 10.1. The Hall–Kier alpha value is -1.30. The first-order valence-corrected chi connectivity index (χ1v) is 7.78. The Labute approximate surface area is 128 Å². The first kappa shape index (κ1) is 19.7. The molecule has 124 valence electrons. The molecule has 4 N–H and O–H groups in total. The van der Waals surface area contributed by atoms with Gasteiger partial charge in [0.1, 0.15) is 6.04 Å². The highest BCUT2D eigenvalue weighted by molar-refractivity contribution is 5.82. The normalized spacial score (nSPS) is 12.8. The zero-order valence-electron chi connectivity index (χ0n) is 13.8. The summed E-state index contributed by atoms with van der Waals surface area (Å²) in [4.78, 5) is 22.5. The average Bonchev–Trinajstić information content (AvgIpc) is 2.35. The number of carboxylic acid groups (broad SMARTS) is 1. The van der Waals surface area contributed by atoms with Crippen molar-refractivity contribution < 1.29 is 14.7 Å². The van der Waals surface area contributed by atoms with Crippen molar-refractivity contribution in [2.75, 3.05) is 13.1 Å². The van der Waals surface area contributed by atoms with Crippen LogP contribution in [0.2, 0.25) is 0 Å². The number of carbonyl (C=O) groups excluding carboxylic acids is 1. The summed E-state index contributed by atoms with van der Waals surface area (Å²) in [6, 6.07) is -1.20. The van der Waals surface area contributed by atoms with Gasteiger partial charge in [-0.05, 0) is 46.6 Å². The summed E-state index contributed by atoms with van der Waals surface area (Å²) in [7, 11) is 0. The van der Waals surface area contributed by atoms with Gasteiger partial charge in [-0.15, -0.1) is 0 Å². The van der Waals surface area contributed by atoms with E-state index in [0.29, 0.717) is 13.0 Å². The van der Waals surface area contributed by atoms with E-state index in [1.54, 1.807) is 0 Å². The molecular weight excluding hydrogens is 270 g/mol. The summed E-state index contributed by atoms with van der Waals surface area (Å²) in [5.41, 5.74) is 0.142. The van der Waals surface area contributed by atoms with Crippen molar-refractivity contribution in [3.8, 4) is 0 Å². The Bertz CT molecular complexity index is 314. The number of aliphatic carboxylic acids is 1. The molecule has 0 heterocycles. The van der Waals surface area contributed by atoms with Crippen molar-refractivity contribution >= 4 is 12.0 Å². The second-order valence-corrected chi connectivity index (χ2v) is 6.32. The van der Waals surface area contributed by atoms with E-state index in [2.05, 4.69) is 36.7 Å². The van der Waals surface area contributed by atoms with Crippen molar-refractivity contribution in [3.63, 3.8) is 0 Å². The summed E-state index contributed by atoms with van der Waals surface area (Å²) in [5.74, 6) is -0.986. The predicted octanol–water partition coefficient (Wildman–Crippen LogP) is 2.10. The molecule has 21 heavy (non-hydrogen) atoms. The number of rotatable bonds is 10. The molecule has 1 atom stereocenters. The minimum absolute atomic E-state index is 0.142. The van der Waals surface area contributed by atoms with E-state index in [4.69, 9.17) is 5.11 Å². The number of hydrogen-bond acceptors (Lipinski definition) is 3. The molecule has 0 radical (unpaired) electrons. The molecule has 0 aromatic heterocycles. The lowest BCUT2D eigenvalue weighted by Gasteiger charge is -2.20. The fourth-order valence-electron chi connectivity index (χ4n) is 1.85. The topological polar surface area (TPSA) is 90.5 Å². The molecule has 0 aliphatic rings. The van der Waals surface area contributed by atoms with Crippen LogP contribution in [0.1, 0.15) is 59.8 Å². The van der Waals surface area contributed by atoms with Crippen molar-refractivity contribution in [3.05, 3.63) is 0 Å². The lowest BCUT2D eigenvalue weighted by Crippen LogP contribution is -2.46. The molecule has 0 aromatic carbocycles. The van der Waals surface area contributed by atoms with Gasteiger partial charge in [0, 0.05) is 12.1 Å². The van der Waals surface area contributed by atoms with Crippen LogP contribution in [0.5, 0.6) is 0 Å². The van der Waals surface area contributed by atoms with Crippen LogP contribution in [0.15, 0.2) is 0 Å². The SMILES string of the molecule is CCC[C@@H](NC(=O)NCCCCCNC(C)(C)C)C(=O)O. The second kappa shape index (κ2) is 10.4. The number of urea groups is 1. The van der Waals surface area contributed by atoms with Crippen LogP contribution in [-0.2, 0) is 4.79 Å². The molecule has 0 rings (SSSR count). The molecule has 2 amide bonds. The van der Waals surface area contributed by atoms with Crippen LogP contribution in [0.3, 0.4) is 0 Å². The maximum atomic E-state index is 11.6. The van der Waals surface area contributed by atoms with Crippen molar-refractivity contribution in [1.82, 2.24) is 16.0 Å². The summed E-state index contributed by atoms with van der Waals surface area (Å²) >= 11 is 0. The van der Waals surface area contributed by atoms with Gasteiger partial charge in [-0.25, -0.2) is 9.59 Å². The van der Waals surface area contributed by atoms with E-state index in [9.17, 15) is 9.59 Å². The highest BCUT2D eigenvalue weighted by atomic mass is 16.4. The van der Waals surface area contributed by atoms with Gasteiger partial charge >= 0.3 is 12.0 Å². The summed E-state index contributed by atoms with van der Waals surface area (Å²) in [5, 5.41) is 17.5. The Morgan fingerprint density at radius 2 is 1.71 bits per heavy atom. The molecule has 0 fully saturated rings. The Morgan fingerprint density at radius 3 is 2.24 bits per heavy atom. The van der Waals surface area contributed by atoms with Gasteiger partial charge in [0.2, 0.25) is 0 Å². The molecule has 0 bridgehead atoms. The smallest absolute Gasteiger partial charge is 0.326 e. The van der Waals surface area contributed by atoms with E-state index in [0.717, 1.165) is 32.2 Å². The third-order valence-corrected chi connectivity index (χ3v) is 2.98. The largest absolute Gasteiger partial charge is 0.480 e. The summed E-state index contributed by atoms with van der Waals surface area (Å²) in [6.45, 7) is 9.82. The lowest BCUT2D eigenvalue weighted by molar-refractivity contribution is -0.139. The Balaban J connectivity index is 3.64. The molecule has 0 unspecified atom stereocenters. The molecule has 0 aliphatic heterocycles. The first-order chi connectivity index (χ1) is 9.76. The van der Waals surface area contributed by atoms with Gasteiger partial charge < -0.3 is 21.1 Å². The maximum absolute atomic E-state index is 11.6. The van der Waals surface area contributed by atoms with Gasteiger partial charge in [-0.2, -0.15) is 0 Å². The maximum Gasteiger partial charge on any atom is 0.326 e. The van der Waals surface area contributed by atoms with Crippen LogP contribution in [0.4, 0.5) is 4.79 Å². The molecule has 0 aliphatic carbocycles. The van der Waals surface area contributed by atoms with Crippen LogP contribution in [-0.4, -0.2) is 41.8 Å². The van der Waals surface area contributed by atoms with E-state index < -0.39 is 18.0 Å². The number of carbonyl (C=O) groups is 2. The molecular formula is C15H31N3O3. The number of carboxylic acids is 1. The number of unbranched alkanes of at least 4 members (excludes halogenated alkanes) is 2. The predicted molar refractivity (Wildman–Crippen MR) is 84.5 cm³/mol. The van der Waals surface area contributed by atoms with Gasteiger partial charge in [-0.1, -0.05) is 19.8 Å². The zero-order chi connectivity index (χ0) is 16.3. The summed E-state index contributed by atoms with van der Waals surface area (Å²) in [6.07, 6.45) is 4.15. The highest BCUT2D eigenvalue weighted by Crippen LogP contribution is 2.00. The van der Waals surface area contributed by atoms with Gasteiger partial charge in [-0.3, -0.25) is 0 Å². The monoisotopic (exact) mass is 301 g/mol. The van der Waals surface area contributed by atoms with Crippen LogP contribution in [0.25, 0.3) is 0 Å². The number of amides is 2.